The van der Waals surface area contributed by atoms with Gasteiger partial charge in [-0.25, -0.2) is 0 Å². The standard InChI is InChI=1S/C26H50O4/c1-3-5-7-9-10-13-16-20-24(21-17-14-11-15-18-22-25(27)28)30-26(29)23-19-12-8-6-4-2/h24H,3-23H2,1-2H3,(H,27,28). The number of hydrogen-bond donors (Lipinski definition) is 1. The van der Waals surface area contributed by atoms with Gasteiger partial charge in [-0.1, -0.05) is 97.3 Å². The quantitative estimate of drug-likeness (QED) is 0.132. The summed E-state index contributed by atoms with van der Waals surface area (Å²) in [5.74, 6) is -0.715. The minimum absolute atomic E-state index is 0.0131. The van der Waals surface area contributed by atoms with Crippen molar-refractivity contribution in [3.05, 3.63) is 0 Å². The van der Waals surface area contributed by atoms with Crippen molar-refractivity contribution in [2.75, 3.05) is 0 Å². The van der Waals surface area contributed by atoms with Crippen molar-refractivity contribution >= 4 is 11.9 Å². The molecule has 1 unspecified atom stereocenters. The van der Waals surface area contributed by atoms with Crippen molar-refractivity contribution < 1.29 is 19.4 Å². The molecule has 0 amide bonds. The Morgan fingerprint density at radius 1 is 0.600 bits per heavy atom. The van der Waals surface area contributed by atoms with Gasteiger partial charge in [0.05, 0.1) is 0 Å². The third-order valence-corrected chi connectivity index (χ3v) is 5.83. The molecule has 0 bridgehead atoms. The fourth-order valence-electron chi connectivity index (χ4n) is 3.89. The summed E-state index contributed by atoms with van der Waals surface area (Å²) in [5.41, 5.74) is 0. The molecule has 0 aliphatic carbocycles. The molecule has 0 aliphatic rings. The summed E-state index contributed by atoms with van der Waals surface area (Å²) in [6.45, 7) is 4.45. The van der Waals surface area contributed by atoms with Gasteiger partial charge in [0.15, 0.2) is 0 Å². The summed E-state index contributed by atoms with van der Waals surface area (Å²) in [5, 5.41) is 8.69. The molecule has 0 fully saturated rings. The number of carbonyl (C=O) groups excluding carboxylic acids is 1. The van der Waals surface area contributed by atoms with Crippen molar-refractivity contribution in [2.24, 2.45) is 0 Å². The van der Waals surface area contributed by atoms with Crippen LogP contribution < -0.4 is 0 Å². The lowest BCUT2D eigenvalue weighted by Gasteiger charge is -2.18. The molecule has 0 rings (SSSR count). The van der Waals surface area contributed by atoms with Crippen LogP contribution in [0.3, 0.4) is 0 Å². The molecule has 0 aromatic heterocycles. The van der Waals surface area contributed by atoms with E-state index in [1.807, 2.05) is 0 Å². The number of ether oxygens (including phenoxy) is 1. The van der Waals surface area contributed by atoms with Gasteiger partial charge in [0.25, 0.3) is 0 Å². The van der Waals surface area contributed by atoms with Crippen LogP contribution in [0.15, 0.2) is 0 Å². The van der Waals surface area contributed by atoms with Gasteiger partial charge in [-0.2, -0.15) is 0 Å². The minimum Gasteiger partial charge on any atom is -0.481 e. The Labute approximate surface area is 186 Å². The Balaban J connectivity index is 4.05. The van der Waals surface area contributed by atoms with E-state index in [2.05, 4.69) is 13.8 Å². The van der Waals surface area contributed by atoms with E-state index >= 15 is 0 Å². The normalized spacial score (nSPS) is 12.1. The van der Waals surface area contributed by atoms with E-state index in [4.69, 9.17) is 9.84 Å². The van der Waals surface area contributed by atoms with Crippen LogP contribution >= 0.6 is 0 Å². The van der Waals surface area contributed by atoms with E-state index < -0.39 is 5.97 Å². The van der Waals surface area contributed by atoms with Crippen molar-refractivity contribution in [3.8, 4) is 0 Å². The Morgan fingerprint density at radius 3 is 1.47 bits per heavy atom. The van der Waals surface area contributed by atoms with E-state index in [1.165, 1.54) is 57.8 Å². The van der Waals surface area contributed by atoms with Gasteiger partial charge in [0.2, 0.25) is 0 Å². The molecule has 4 nitrogen and oxygen atoms in total. The average Bonchev–Trinajstić information content (AvgIpc) is 2.71. The third kappa shape index (κ3) is 21.6. The van der Waals surface area contributed by atoms with Crippen LogP contribution in [0.25, 0.3) is 0 Å². The molecular weight excluding hydrogens is 376 g/mol. The van der Waals surface area contributed by atoms with Gasteiger partial charge < -0.3 is 9.84 Å². The second-order valence-electron chi connectivity index (χ2n) is 8.89. The number of unbranched alkanes of at least 4 members (excludes halogenated alkanes) is 14. The molecule has 0 heterocycles. The topological polar surface area (TPSA) is 63.6 Å². The van der Waals surface area contributed by atoms with Gasteiger partial charge >= 0.3 is 11.9 Å². The molecule has 30 heavy (non-hydrogen) atoms. The number of carboxylic acids is 1. The van der Waals surface area contributed by atoms with Gasteiger partial charge in [-0.15, -0.1) is 0 Å². The van der Waals surface area contributed by atoms with Crippen LogP contribution in [0.1, 0.15) is 149 Å². The largest absolute Gasteiger partial charge is 0.481 e. The number of esters is 1. The monoisotopic (exact) mass is 426 g/mol. The first-order valence-corrected chi connectivity index (χ1v) is 13.0. The molecule has 0 saturated carbocycles. The molecule has 0 saturated heterocycles. The highest BCUT2D eigenvalue weighted by molar-refractivity contribution is 5.69. The lowest BCUT2D eigenvalue weighted by molar-refractivity contribution is -0.150. The van der Waals surface area contributed by atoms with Crippen LogP contribution in [-0.4, -0.2) is 23.1 Å². The van der Waals surface area contributed by atoms with E-state index in [-0.39, 0.29) is 18.5 Å². The van der Waals surface area contributed by atoms with Gasteiger partial charge in [-0.3, -0.25) is 9.59 Å². The van der Waals surface area contributed by atoms with E-state index in [9.17, 15) is 9.59 Å². The summed E-state index contributed by atoms with van der Waals surface area (Å²) in [4.78, 5) is 22.8. The maximum Gasteiger partial charge on any atom is 0.306 e. The summed E-state index contributed by atoms with van der Waals surface area (Å²) < 4.78 is 5.84. The number of hydrogen-bond acceptors (Lipinski definition) is 3. The van der Waals surface area contributed by atoms with E-state index in [1.54, 1.807) is 0 Å². The Kier molecular flexibility index (Phi) is 21.8. The number of carbonyl (C=O) groups is 2. The Hall–Kier alpha value is -1.06. The summed E-state index contributed by atoms with van der Waals surface area (Å²) >= 11 is 0. The van der Waals surface area contributed by atoms with Crippen molar-refractivity contribution in [1.29, 1.82) is 0 Å². The maximum atomic E-state index is 12.3. The third-order valence-electron chi connectivity index (χ3n) is 5.83. The summed E-state index contributed by atoms with van der Waals surface area (Å²) in [6.07, 6.45) is 22.6. The highest BCUT2D eigenvalue weighted by Gasteiger charge is 2.14. The molecule has 0 aliphatic heterocycles. The van der Waals surface area contributed by atoms with E-state index in [0.717, 1.165) is 64.2 Å². The predicted octanol–water partition coefficient (Wildman–Crippen LogP) is 8.21. The maximum absolute atomic E-state index is 12.3. The lowest BCUT2D eigenvalue weighted by atomic mass is 10.0. The fraction of sp³-hybridized carbons (Fsp3) is 0.923. The number of aliphatic carboxylic acids is 1. The molecule has 0 spiro atoms. The molecule has 4 heteroatoms. The second-order valence-corrected chi connectivity index (χ2v) is 8.89. The zero-order valence-electron chi connectivity index (χ0n) is 20.1. The molecule has 0 aromatic rings. The second kappa shape index (κ2) is 22.6. The lowest BCUT2D eigenvalue weighted by Crippen LogP contribution is -2.18. The molecule has 178 valence electrons. The van der Waals surface area contributed by atoms with Gasteiger partial charge in [0, 0.05) is 12.8 Å². The average molecular weight is 427 g/mol. The first-order valence-electron chi connectivity index (χ1n) is 13.0. The highest BCUT2D eigenvalue weighted by Crippen LogP contribution is 2.18. The van der Waals surface area contributed by atoms with Crippen LogP contribution in [-0.2, 0) is 14.3 Å². The molecule has 0 aromatic carbocycles. The number of rotatable bonds is 23. The van der Waals surface area contributed by atoms with Crippen LogP contribution in [0.2, 0.25) is 0 Å². The van der Waals surface area contributed by atoms with Gasteiger partial charge in [0.1, 0.15) is 6.10 Å². The first-order chi connectivity index (χ1) is 14.6. The highest BCUT2D eigenvalue weighted by atomic mass is 16.5. The zero-order chi connectivity index (χ0) is 22.3. The molecular formula is C26H50O4. The molecule has 1 atom stereocenters. The van der Waals surface area contributed by atoms with Crippen LogP contribution in [0, 0.1) is 0 Å². The Bertz CT molecular complexity index is 394. The van der Waals surface area contributed by atoms with Gasteiger partial charge in [-0.05, 0) is 38.5 Å². The molecule has 0 radical (unpaired) electrons. The van der Waals surface area contributed by atoms with E-state index in [0.29, 0.717) is 6.42 Å². The summed E-state index contributed by atoms with van der Waals surface area (Å²) in [7, 11) is 0. The fourth-order valence-corrected chi connectivity index (χ4v) is 3.89. The predicted molar refractivity (Wildman–Crippen MR) is 126 cm³/mol. The minimum atomic E-state index is -0.702. The summed E-state index contributed by atoms with van der Waals surface area (Å²) in [6, 6.07) is 0. The SMILES string of the molecule is CCCCCCCCCC(CCCCCCCC(=O)O)OC(=O)CCCCCCC. The van der Waals surface area contributed by atoms with Crippen LogP contribution in [0.5, 0.6) is 0 Å². The number of carboxylic acid groups (broad SMARTS) is 1. The first kappa shape index (κ1) is 28.9. The van der Waals surface area contributed by atoms with Crippen LogP contribution in [0.4, 0.5) is 0 Å². The smallest absolute Gasteiger partial charge is 0.306 e. The van der Waals surface area contributed by atoms with Crippen molar-refractivity contribution in [1.82, 2.24) is 0 Å². The van der Waals surface area contributed by atoms with Crippen molar-refractivity contribution in [2.45, 2.75) is 155 Å². The Morgan fingerprint density at radius 2 is 1.00 bits per heavy atom. The molecule has 1 N–H and O–H groups in total. The zero-order valence-corrected chi connectivity index (χ0v) is 20.1. The van der Waals surface area contributed by atoms with Crippen molar-refractivity contribution in [3.63, 3.8) is 0 Å².